The standard InChI is InChI=1S/C8H18N.Ta/c1-3-5-6-8-9-7-4-2;/h3-8H2,1-2H3;/q-1;+1. The fourth-order valence-corrected chi connectivity index (χ4v) is 2.14. The predicted molar refractivity (Wildman–Crippen MR) is 41.4 cm³/mol. The molecule has 2 heteroatoms. The van der Waals surface area contributed by atoms with Crippen LogP contribution < -0.4 is 0 Å². The van der Waals surface area contributed by atoms with Gasteiger partial charge >= 0.3 is 77.3 Å². The van der Waals surface area contributed by atoms with Gasteiger partial charge in [0.1, 0.15) is 0 Å². The van der Waals surface area contributed by atoms with E-state index in [2.05, 4.69) is 17.2 Å². The van der Waals surface area contributed by atoms with Gasteiger partial charge in [-0.1, -0.05) is 0 Å². The van der Waals surface area contributed by atoms with Gasteiger partial charge in [0.15, 0.2) is 0 Å². The van der Waals surface area contributed by atoms with Crippen LogP contribution in [0.25, 0.3) is 0 Å². The first kappa shape index (κ1) is 10.7. The first-order valence-corrected chi connectivity index (χ1v) is 5.68. The maximum atomic E-state index is 2.52. The Bertz CT molecular complexity index is 66.3. The molecule has 0 aromatic carbocycles. The summed E-state index contributed by atoms with van der Waals surface area (Å²) >= 11 is 1.44. The SMILES string of the molecule is CCCCC[N]([Ta])CCC. The quantitative estimate of drug-likeness (QED) is 0.681. The first-order valence-electron chi connectivity index (χ1n) is 4.25. The first-order chi connectivity index (χ1) is 4.81. The van der Waals surface area contributed by atoms with E-state index in [4.69, 9.17) is 0 Å². The summed E-state index contributed by atoms with van der Waals surface area (Å²) in [6, 6.07) is 0. The molecule has 0 rings (SSSR count). The third-order valence-corrected chi connectivity index (χ3v) is 2.94. The molecule has 0 N–H and O–H groups in total. The molecule has 60 valence electrons. The Labute approximate surface area is 77.4 Å². The topological polar surface area (TPSA) is 3.24 Å². The van der Waals surface area contributed by atoms with Crippen molar-refractivity contribution in [2.75, 3.05) is 13.1 Å². The van der Waals surface area contributed by atoms with Gasteiger partial charge in [-0.05, 0) is 0 Å². The van der Waals surface area contributed by atoms with Crippen molar-refractivity contribution in [1.29, 1.82) is 0 Å². The summed E-state index contributed by atoms with van der Waals surface area (Å²) in [5, 5.41) is 0. The summed E-state index contributed by atoms with van der Waals surface area (Å²) in [6.45, 7) is 7.14. The van der Waals surface area contributed by atoms with Crippen LogP contribution in [-0.4, -0.2) is 16.4 Å². The Morgan fingerprint density at radius 1 is 1.00 bits per heavy atom. The summed E-state index contributed by atoms with van der Waals surface area (Å²) < 4.78 is 2.52. The molecule has 0 aliphatic heterocycles. The van der Waals surface area contributed by atoms with Crippen LogP contribution in [0.3, 0.4) is 0 Å². The second-order valence-corrected chi connectivity index (χ2v) is 4.69. The Balaban J connectivity index is 2.97. The van der Waals surface area contributed by atoms with Crippen molar-refractivity contribution in [3.8, 4) is 0 Å². The van der Waals surface area contributed by atoms with E-state index in [1.54, 1.807) is 0 Å². The molecule has 0 bridgehead atoms. The van der Waals surface area contributed by atoms with Crippen LogP contribution in [0.2, 0.25) is 0 Å². The molecule has 0 spiro atoms. The molecule has 0 saturated carbocycles. The summed E-state index contributed by atoms with van der Waals surface area (Å²) in [4.78, 5) is 0. The number of rotatable bonds is 6. The Morgan fingerprint density at radius 2 is 1.70 bits per heavy atom. The molecule has 0 aliphatic carbocycles. The fraction of sp³-hybridized carbons (Fsp3) is 1.00. The van der Waals surface area contributed by atoms with E-state index < -0.39 is 0 Å². The van der Waals surface area contributed by atoms with Gasteiger partial charge in [0, 0.05) is 0 Å². The average molecular weight is 309 g/mol. The molecule has 0 heterocycles. The molecule has 10 heavy (non-hydrogen) atoms. The van der Waals surface area contributed by atoms with Crippen molar-refractivity contribution >= 4 is 0 Å². The minimum atomic E-state index is 1.30. The average Bonchev–Trinajstić information content (AvgIpc) is 1.89. The minimum absolute atomic E-state index is 1.30. The molecular weight excluding hydrogens is 291 g/mol. The van der Waals surface area contributed by atoms with Gasteiger partial charge in [0.2, 0.25) is 0 Å². The van der Waals surface area contributed by atoms with Gasteiger partial charge < -0.3 is 0 Å². The van der Waals surface area contributed by atoms with Crippen LogP contribution in [0.1, 0.15) is 39.5 Å². The molecule has 0 radical (unpaired) electrons. The van der Waals surface area contributed by atoms with Crippen molar-refractivity contribution in [2.45, 2.75) is 39.5 Å². The molecule has 0 atom stereocenters. The number of nitrogens with zero attached hydrogens (tertiary/aromatic N) is 1. The summed E-state index contributed by atoms with van der Waals surface area (Å²) in [7, 11) is 0. The van der Waals surface area contributed by atoms with Crippen molar-refractivity contribution in [1.82, 2.24) is 3.30 Å². The van der Waals surface area contributed by atoms with E-state index in [1.807, 2.05) is 0 Å². The molecule has 0 aliphatic rings. The molecule has 0 saturated heterocycles. The van der Waals surface area contributed by atoms with Gasteiger partial charge in [-0.2, -0.15) is 0 Å². The summed E-state index contributed by atoms with van der Waals surface area (Å²) in [5.74, 6) is 0. The zero-order chi connectivity index (χ0) is 7.82. The fourth-order valence-electron chi connectivity index (χ4n) is 0.914. The van der Waals surface area contributed by atoms with Crippen molar-refractivity contribution in [3.05, 3.63) is 0 Å². The van der Waals surface area contributed by atoms with E-state index in [0.717, 1.165) is 0 Å². The number of hydrogen-bond donors (Lipinski definition) is 0. The van der Waals surface area contributed by atoms with Crippen LogP contribution in [0, 0.1) is 0 Å². The maximum absolute atomic E-state index is 2.52. The van der Waals surface area contributed by atoms with Crippen LogP contribution in [-0.2, 0) is 21.3 Å². The Kier molecular flexibility index (Phi) is 8.35. The molecule has 0 amide bonds. The van der Waals surface area contributed by atoms with Gasteiger partial charge in [-0.3, -0.25) is 0 Å². The molecule has 1 nitrogen and oxygen atoms in total. The molecule has 0 aromatic rings. The van der Waals surface area contributed by atoms with Crippen molar-refractivity contribution < 1.29 is 21.3 Å². The molecule has 0 fully saturated rings. The van der Waals surface area contributed by atoms with Gasteiger partial charge in [-0.25, -0.2) is 0 Å². The van der Waals surface area contributed by atoms with E-state index >= 15 is 0 Å². The van der Waals surface area contributed by atoms with Gasteiger partial charge in [-0.15, -0.1) is 0 Å². The van der Waals surface area contributed by atoms with Crippen molar-refractivity contribution in [3.63, 3.8) is 0 Å². The van der Waals surface area contributed by atoms with Crippen LogP contribution >= 0.6 is 0 Å². The zero-order valence-electron chi connectivity index (χ0n) is 7.14. The molecular formula is C8H18NTa. The summed E-state index contributed by atoms with van der Waals surface area (Å²) in [6.07, 6.45) is 5.45. The van der Waals surface area contributed by atoms with E-state index in [1.165, 1.54) is 60.1 Å². The van der Waals surface area contributed by atoms with Crippen molar-refractivity contribution in [2.24, 2.45) is 0 Å². The van der Waals surface area contributed by atoms with Crippen LogP contribution in [0.4, 0.5) is 0 Å². The monoisotopic (exact) mass is 309 g/mol. The second kappa shape index (κ2) is 7.80. The Morgan fingerprint density at radius 3 is 2.20 bits per heavy atom. The zero-order valence-corrected chi connectivity index (χ0v) is 10.4. The van der Waals surface area contributed by atoms with Gasteiger partial charge in [0.25, 0.3) is 0 Å². The predicted octanol–water partition coefficient (Wildman–Crippen LogP) is 2.35. The van der Waals surface area contributed by atoms with E-state index in [0.29, 0.717) is 0 Å². The normalized spacial score (nSPS) is 10.7. The van der Waals surface area contributed by atoms with Crippen LogP contribution in [0.5, 0.6) is 0 Å². The third kappa shape index (κ3) is 6.82. The van der Waals surface area contributed by atoms with E-state index in [-0.39, 0.29) is 0 Å². The molecule has 0 unspecified atom stereocenters. The Hall–Kier alpha value is 0.700. The van der Waals surface area contributed by atoms with E-state index in [9.17, 15) is 0 Å². The second-order valence-electron chi connectivity index (χ2n) is 2.66. The molecule has 0 aromatic heterocycles. The number of unbranched alkanes of at least 4 members (excludes halogenated alkanes) is 2. The van der Waals surface area contributed by atoms with Gasteiger partial charge in [0.05, 0.1) is 0 Å². The number of hydrogen-bond acceptors (Lipinski definition) is 1. The van der Waals surface area contributed by atoms with Crippen LogP contribution in [0.15, 0.2) is 0 Å². The third-order valence-electron chi connectivity index (χ3n) is 1.50. The summed E-state index contributed by atoms with van der Waals surface area (Å²) in [5.41, 5.74) is 0.